The zero-order valence-corrected chi connectivity index (χ0v) is 8.02. The SMILES string of the molecule is O=C1CC(c2sccc2Cl)C(=O)O1. The lowest BCUT2D eigenvalue weighted by molar-refractivity contribution is -0.152. The summed E-state index contributed by atoms with van der Waals surface area (Å²) in [6.45, 7) is 0. The van der Waals surface area contributed by atoms with Gasteiger partial charge in [-0.1, -0.05) is 11.6 Å². The third-order valence-electron chi connectivity index (χ3n) is 1.83. The molecule has 1 fully saturated rings. The van der Waals surface area contributed by atoms with Gasteiger partial charge in [-0.3, -0.25) is 9.59 Å². The number of cyclic esters (lactones) is 2. The molecule has 1 saturated heterocycles. The van der Waals surface area contributed by atoms with Gasteiger partial charge in [-0.05, 0) is 11.4 Å². The number of thiophene rings is 1. The molecule has 0 aromatic carbocycles. The molecule has 0 radical (unpaired) electrons. The number of esters is 2. The molecule has 0 saturated carbocycles. The highest BCUT2D eigenvalue weighted by Crippen LogP contribution is 2.35. The van der Waals surface area contributed by atoms with Crippen LogP contribution in [0.1, 0.15) is 17.2 Å². The van der Waals surface area contributed by atoms with Crippen LogP contribution < -0.4 is 0 Å². The molecule has 1 aromatic heterocycles. The van der Waals surface area contributed by atoms with Gasteiger partial charge in [0.1, 0.15) is 5.92 Å². The van der Waals surface area contributed by atoms with Crippen molar-refractivity contribution in [1.82, 2.24) is 0 Å². The van der Waals surface area contributed by atoms with Gasteiger partial charge >= 0.3 is 11.9 Å². The minimum Gasteiger partial charge on any atom is -0.393 e. The van der Waals surface area contributed by atoms with Crippen LogP contribution in [0.2, 0.25) is 5.02 Å². The normalized spacial score (nSPS) is 22.1. The molecular weight excluding hydrogens is 212 g/mol. The number of rotatable bonds is 1. The molecule has 1 unspecified atom stereocenters. The van der Waals surface area contributed by atoms with Crippen LogP contribution in [-0.4, -0.2) is 11.9 Å². The third-order valence-corrected chi connectivity index (χ3v) is 3.30. The maximum Gasteiger partial charge on any atom is 0.322 e. The Labute approximate surface area is 83.3 Å². The van der Waals surface area contributed by atoms with Crippen LogP contribution >= 0.6 is 22.9 Å². The average molecular weight is 217 g/mol. The van der Waals surface area contributed by atoms with E-state index < -0.39 is 17.9 Å². The zero-order chi connectivity index (χ0) is 9.42. The quantitative estimate of drug-likeness (QED) is 0.533. The number of carbonyl (C=O) groups is 2. The predicted octanol–water partition coefficient (Wildman–Crippen LogP) is 1.96. The third kappa shape index (κ3) is 1.47. The zero-order valence-electron chi connectivity index (χ0n) is 6.45. The van der Waals surface area contributed by atoms with E-state index >= 15 is 0 Å². The van der Waals surface area contributed by atoms with E-state index in [9.17, 15) is 9.59 Å². The summed E-state index contributed by atoms with van der Waals surface area (Å²) in [5.41, 5.74) is 0. The summed E-state index contributed by atoms with van der Waals surface area (Å²) in [6.07, 6.45) is 0.110. The van der Waals surface area contributed by atoms with Crippen LogP contribution in [0.25, 0.3) is 0 Å². The molecule has 1 atom stereocenters. The fourth-order valence-electron chi connectivity index (χ4n) is 1.23. The fourth-order valence-corrected chi connectivity index (χ4v) is 2.51. The first kappa shape index (κ1) is 8.72. The van der Waals surface area contributed by atoms with E-state index in [-0.39, 0.29) is 6.42 Å². The van der Waals surface area contributed by atoms with Gasteiger partial charge in [-0.25, -0.2) is 0 Å². The van der Waals surface area contributed by atoms with E-state index in [2.05, 4.69) is 4.74 Å². The summed E-state index contributed by atoms with van der Waals surface area (Å²) in [4.78, 5) is 22.6. The minimum absolute atomic E-state index is 0.110. The first-order valence-corrected chi connectivity index (χ1v) is 4.91. The Balaban J connectivity index is 2.32. The van der Waals surface area contributed by atoms with Gasteiger partial charge in [0.2, 0.25) is 0 Å². The summed E-state index contributed by atoms with van der Waals surface area (Å²) < 4.78 is 4.42. The molecule has 13 heavy (non-hydrogen) atoms. The average Bonchev–Trinajstić information content (AvgIpc) is 2.58. The van der Waals surface area contributed by atoms with E-state index in [1.165, 1.54) is 11.3 Å². The molecule has 0 bridgehead atoms. The predicted molar refractivity (Wildman–Crippen MR) is 47.8 cm³/mol. The molecule has 2 heterocycles. The largest absolute Gasteiger partial charge is 0.393 e. The molecule has 2 rings (SSSR count). The van der Waals surface area contributed by atoms with Gasteiger partial charge in [-0.2, -0.15) is 0 Å². The van der Waals surface area contributed by atoms with E-state index in [1.807, 2.05) is 0 Å². The Morgan fingerprint density at radius 3 is 2.77 bits per heavy atom. The molecule has 0 aliphatic carbocycles. The van der Waals surface area contributed by atoms with Crippen molar-refractivity contribution in [1.29, 1.82) is 0 Å². The Morgan fingerprint density at radius 2 is 2.31 bits per heavy atom. The number of ether oxygens (including phenoxy) is 1. The molecule has 0 N–H and O–H groups in total. The molecule has 0 spiro atoms. The second-order valence-corrected chi connectivity index (χ2v) is 4.04. The Hall–Kier alpha value is -0.870. The molecule has 68 valence electrons. The van der Waals surface area contributed by atoms with Crippen molar-refractivity contribution >= 4 is 34.9 Å². The molecule has 5 heteroatoms. The van der Waals surface area contributed by atoms with Crippen molar-refractivity contribution in [2.45, 2.75) is 12.3 Å². The highest BCUT2D eigenvalue weighted by molar-refractivity contribution is 7.10. The second kappa shape index (κ2) is 3.12. The number of hydrogen-bond donors (Lipinski definition) is 0. The van der Waals surface area contributed by atoms with Crippen molar-refractivity contribution < 1.29 is 14.3 Å². The molecule has 1 aliphatic heterocycles. The van der Waals surface area contributed by atoms with Gasteiger partial charge in [0.15, 0.2) is 0 Å². The lowest BCUT2D eigenvalue weighted by Crippen LogP contribution is -2.03. The first-order valence-electron chi connectivity index (χ1n) is 3.66. The highest BCUT2D eigenvalue weighted by atomic mass is 35.5. The van der Waals surface area contributed by atoms with Crippen LogP contribution in [0.15, 0.2) is 11.4 Å². The van der Waals surface area contributed by atoms with Crippen LogP contribution in [0.3, 0.4) is 0 Å². The van der Waals surface area contributed by atoms with Crippen LogP contribution in [0.5, 0.6) is 0 Å². The van der Waals surface area contributed by atoms with Gasteiger partial charge in [0.25, 0.3) is 0 Å². The van der Waals surface area contributed by atoms with Crippen LogP contribution in [0, 0.1) is 0 Å². The van der Waals surface area contributed by atoms with Crippen LogP contribution in [-0.2, 0) is 14.3 Å². The summed E-state index contributed by atoms with van der Waals surface area (Å²) in [5.74, 6) is -1.45. The lowest BCUT2D eigenvalue weighted by Gasteiger charge is -2.00. The lowest BCUT2D eigenvalue weighted by atomic mass is 10.1. The van der Waals surface area contributed by atoms with Crippen LogP contribution in [0.4, 0.5) is 0 Å². The van der Waals surface area contributed by atoms with E-state index in [4.69, 9.17) is 11.6 Å². The number of hydrogen-bond acceptors (Lipinski definition) is 4. The first-order chi connectivity index (χ1) is 6.18. The van der Waals surface area contributed by atoms with Crippen molar-refractivity contribution in [3.05, 3.63) is 21.3 Å². The number of halogens is 1. The minimum atomic E-state index is -0.491. The summed E-state index contributed by atoms with van der Waals surface area (Å²) in [5, 5.41) is 2.31. The molecular formula is C8H5ClO3S. The standard InChI is InChI=1S/C8H5ClO3S/c9-5-1-2-13-7(5)4-3-6(10)12-8(4)11/h1-2,4H,3H2. The molecule has 1 aliphatic rings. The Morgan fingerprint density at radius 1 is 1.54 bits per heavy atom. The van der Waals surface area contributed by atoms with E-state index in [0.29, 0.717) is 5.02 Å². The van der Waals surface area contributed by atoms with Crippen molar-refractivity contribution in [2.24, 2.45) is 0 Å². The van der Waals surface area contributed by atoms with Crippen molar-refractivity contribution in [3.8, 4) is 0 Å². The molecule has 1 aromatic rings. The smallest absolute Gasteiger partial charge is 0.322 e. The van der Waals surface area contributed by atoms with E-state index in [0.717, 1.165) is 4.88 Å². The van der Waals surface area contributed by atoms with Crippen molar-refractivity contribution in [3.63, 3.8) is 0 Å². The highest BCUT2D eigenvalue weighted by Gasteiger charge is 2.36. The summed E-state index contributed by atoms with van der Waals surface area (Å²) in [6, 6.07) is 1.71. The Bertz CT molecular complexity index is 371. The summed E-state index contributed by atoms with van der Waals surface area (Å²) >= 11 is 7.19. The Kier molecular flexibility index (Phi) is 2.09. The van der Waals surface area contributed by atoms with Crippen molar-refractivity contribution in [2.75, 3.05) is 0 Å². The van der Waals surface area contributed by atoms with Gasteiger partial charge in [0, 0.05) is 4.88 Å². The van der Waals surface area contributed by atoms with E-state index in [1.54, 1.807) is 11.4 Å². The van der Waals surface area contributed by atoms with Gasteiger partial charge in [-0.15, -0.1) is 11.3 Å². The molecule has 3 nitrogen and oxygen atoms in total. The summed E-state index contributed by atoms with van der Waals surface area (Å²) in [7, 11) is 0. The molecule has 0 amide bonds. The maximum atomic E-state index is 11.1. The maximum absolute atomic E-state index is 11.1. The topological polar surface area (TPSA) is 43.4 Å². The fraction of sp³-hybridized carbons (Fsp3) is 0.250. The number of carbonyl (C=O) groups excluding carboxylic acids is 2. The van der Waals surface area contributed by atoms with Gasteiger partial charge < -0.3 is 4.74 Å². The van der Waals surface area contributed by atoms with Gasteiger partial charge in [0.05, 0.1) is 11.4 Å². The monoisotopic (exact) mass is 216 g/mol. The second-order valence-electron chi connectivity index (χ2n) is 2.68.